The lowest BCUT2D eigenvalue weighted by Gasteiger charge is -2.30. The number of piperidine rings is 1. The number of unbranched alkanes of at least 4 members (excludes halogenated alkanes) is 1. The Balaban J connectivity index is 1.96. The van der Waals surface area contributed by atoms with Crippen LogP contribution in [0.4, 0.5) is 4.79 Å². The molecule has 1 saturated heterocycles. The third-order valence-corrected chi connectivity index (χ3v) is 8.49. The minimum Gasteiger partial charge on any atom is -0.481 e. The predicted molar refractivity (Wildman–Crippen MR) is 152 cm³/mol. The SMILES string of the molecule is CCCC(C)CCCC(C)CCCCC(C)CCCC(C)CCCNC(=O)N1CCC(C(=O)O)CC1. The average Bonchev–Trinajstić information content (AvgIpc) is 2.84. The van der Waals surface area contributed by atoms with Crippen LogP contribution < -0.4 is 5.32 Å². The summed E-state index contributed by atoms with van der Waals surface area (Å²) in [5, 5.41) is 12.1. The van der Waals surface area contributed by atoms with Crippen LogP contribution in [0.1, 0.15) is 137 Å². The maximum Gasteiger partial charge on any atom is 0.317 e. The fourth-order valence-electron chi connectivity index (χ4n) is 5.77. The molecule has 1 fully saturated rings. The van der Waals surface area contributed by atoms with Crippen LogP contribution in [0.15, 0.2) is 0 Å². The number of nitrogens with one attached hydrogen (secondary N) is 1. The van der Waals surface area contributed by atoms with E-state index in [4.69, 9.17) is 5.11 Å². The molecule has 0 bridgehead atoms. The quantitative estimate of drug-likeness (QED) is 0.162. The van der Waals surface area contributed by atoms with Crippen molar-refractivity contribution in [2.45, 2.75) is 137 Å². The van der Waals surface area contributed by atoms with Crippen molar-refractivity contribution in [3.63, 3.8) is 0 Å². The molecule has 0 aromatic rings. The van der Waals surface area contributed by atoms with Gasteiger partial charge in [0.05, 0.1) is 5.92 Å². The topological polar surface area (TPSA) is 69.6 Å². The van der Waals surface area contributed by atoms with Crippen molar-refractivity contribution in [3.05, 3.63) is 0 Å². The predicted octanol–water partition coefficient (Wildman–Crippen LogP) is 8.52. The molecule has 0 radical (unpaired) electrons. The summed E-state index contributed by atoms with van der Waals surface area (Å²) in [4.78, 5) is 25.1. The minimum atomic E-state index is -0.735. The van der Waals surface area contributed by atoms with Gasteiger partial charge in [0.2, 0.25) is 0 Å². The molecule has 1 aliphatic heterocycles. The summed E-state index contributed by atoms with van der Waals surface area (Å²) in [5.74, 6) is 2.33. The number of carbonyl (C=O) groups is 2. The number of amides is 2. The molecule has 0 aliphatic carbocycles. The smallest absolute Gasteiger partial charge is 0.317 e. The second kappa shape index (κ2) is 19.8. The van der Waals surface area contributed by atoms with E-state index in [9.17, 15) is 9.59 Å². The summed E-state index contributed by atoms with van der Waals surface area (Å²) < 4.78 is 0. The van der Waals surface area contributed by atoms with Crippen molar-refractivity contribution in [2.24, 2.45) is 29.6 Å². The molecule has 2 N–H and O–H groups in total. The maximum atomic E-state index is 12.3. The zero-order valence-corrected chi connectivity index (χ0v) is 24.5. The first-order valence-corrected chi connectivity index (χ1v) is 15.5. The van der Waals surface area contributed by atoms with E-state index in [2.05, 4.69) is 39.9 Å². The molecule has 4 atom stereocenters. The van der Waals surface area contributed by atoms with E-state index in [-0.39, 0.29) is 11.9 Å². The van der Waals surface area contributed by atoms with Crippen LogP contribution in [-0.4, -0.2) is 41.6 Å². The number of hydrogen-bond acceptors (Lipinski definition) is 2. The van der Waals surface area contributed by atoms with E-state index in [0.29, 0.717) is 38.4 Å². The van der Waals surface area contributed by atoms with Crippen LogP contribution in [0.5, 0.6) is 0 Å². The molecule has 5 nitrogen and oxygen atoms in total. The molecular formula is C31H60N2O3. The Kier molecular flexibility index (Phi) is 18.0. The van der Waals surface area contributed by atoms with E-state index in [1.54, 1.807) is 4.90 Å². The van der Waals surface area contributed by atoms with Crippen molar-refractivity contribution in [1.82, 2.24) is 10.2 Å². The van der Waals surface area contributed by atoms with Crippen molar-refractivity contribution in [1.29, 1.82) is 0 Å². The summed E-state index contributed by atoms with van der Waals surface area (Å²) in [6.07, 6.45) is 19.8. The normalized spacial score (nSPS) is 18.0. The number of likely N-dealkylation sites (tertiary alicyclic amines) is 1. The first-order valence-electron chi connectivity index (χ1n) is 15.5. The van der Waals surface area contributed by atoms with E-state index in [1.165, 1.54) is 77.0 Å². The third kappa shape index (κ3) is 15.8. The molecule has 1 heterocycles. The number of nitrogens with zero attached hydrogens (tertiary/aromatic N) is 1. The van der Waals surface area contributed by atoms with Crippen LogP contribution in [0, 0.1) is 29.6 Å². The molecule has 5 heteroatoms. The van der Waals surface area contributed by atoms with E-state index >= 15 is 0 Å². The van der Waals surface area contributed by atoms with Gasteiger partial charge in [-0.3, -0.25) is 4.79 Å². The zero-order valence-electron chi connectivity index (χ0n) is 24.5. The second-order valence-corrected chi connectivity index (χ2v) is 12.3. The van der Waals surface area contributed by atoms with Gasteiger partial charge in [0, 0.05) is 19.6 Å². The van der Waals surface area contributed by atoms with Crippen molar-refractivity contribution in [2.75, 3.05) is 19.6 Å². The van der Waals surface area contributed by atoms with Crippen molar-refractivity contribution in [3.8, 4) is 0 Å². The summed E-state index contributed by atoms with van der Waals surface area (Å²) >= 11 is 0. The first kappa shape index (κ1) is 32.8. The highest BCUT2D eigenvalue weighted by Crippen LogP contribution is 2.23. The fourth-order valence-corrected chi connectivity index (χ4v) is 5.77. The Labute approximate surface area is 223 Å². The van der Waals surface area contributed by atoms with E-state index in [0.717, 1.165) is 30.6 Å². The molecule has 1 aliphatic rings. The van der Waals surface area contributed by atoms with Gasteiger partial charge in [-0.1, -0.05) is 112 Å². The Hall–Kier alpha value is -1.26. The Morgan fingerprint density at radius 2 is 1.14 bits per heavy atom. The summed E-state index contributed by atoms with van der Waals surface area (Å²) in [5.41, 5.74) is 0. The molecule has 36 heavy (non-hydrogen) atoms. The summed E-state index contributed by atoms with van der Waals surface area (Å²) in [6.45, 7) is 13.7. The number of carboxylic acids is 1. The van der Waals surface area contributed by atoms with Gasteiger partial charge in [0.15, 0.2) is 0 Å². The molecule has 4 unspecified atom stereocenters. The highest BCUT2D eigenvalue weighted by molar-refractivity contribution is 5.75. The molecule has 0 spiro atoms. The van der Waals surface area contributed by atoms with Crippen LogP contribution in [-0.2, 0) is 4.79 Å². The number of carboxylic acid groups (broad SMARTS) is 1. The van der Waals surface area contributed by atoms with Crippen LogP contribution in [0.25, 0.3) is 0 Å². The van der Waals surface area contributed by atoms with Crippen LogP contribution >= 0.6 is 0 Å². The van der Waals surface area contributed by atoms with Gasteiger partial charge in [-0.25, -0.2) is 4.79 Å². The Bertz CT molecular complexity index is 574. The molecule has 2 amide bonds. The van der Waals surface area contributed by atoms with Crippen molar-refractivity contribution < 1.29 is 14.7 Å². The number of aliphatic carboxylic acids is 1. The molecular weight excluding hydrogens is 448 g/mol. The van der Waals surface area contributed by atoms with Crippen LogP contribution in [0.3, 0.4) is 0 Å². The molecule has 1 rings (SSSR count). The van der Waals surface area contributed by atoms with Gasteiger partial charge in [-0.15, -0.1) is 0 Å². The second-order valence-electron chi connectivity index (χ2n) is 12.3. The monoisotopic (exact) mass is 508 g/mol. The summed E-state index contributed by atoms with van der Waals surface area (Å²) in [6, 6.07) is -0.0312. The average molecular weight is 509 g/mol. The van der Waals surface area contributed by atoms with Gasteiger partial charge in [0.25, 0.3) is 0 Å². The van der Waals surface area contributed by atoms with Gasteiger partial charge in [-0.05, 0) is 49.4 Å². The number of urea groups is 1. The lowest BCUT2D eigenvalue weighted by molar-refractivity contribution is -0.143. The van der Waals surface area contributed by atoms with Gasteiger partial charge < -0.3 is 15.3 Å². The fraction of sp³-hybridized carbons (Fsp3) is 0.935. The molecule has 0 saturated carbocycles. The van der Waals surface area contributed by atoms with Crippen LogP contribution in [0.2, 0.25) is 0 Å². The minimum absolute atomic E-state index is 0.0312. The first-order chi connectivity index (χ1) is 17.2. The van der Waals surface area contributed by atoms with E-state index in [1.807, 2.05) is 0 Å². The largest absolute Gasteiger partial charge is 0.481 e. The van der Waals surface area contributed by atoms with Gasteiger partial charge in [0.1, 0.15) is 0 Å². The Morgan fingerprint density at radius 1 is 0.722 bits per heavy atom. The number of rotatable bonds is 20. The van der Waals surface area contributed by atoms with E-state index < -0.39 is 5.97 Å². The molecule has 212 valence electrons. The molecule has 0 aromatic heterocycles. The zero-order chi connectivity index (χ0) is 26.8. The molecule has 0 aromatic carbocycles. The van der Waals surface area contributed by atoms with Crippen molar-refractivity contribution >= 4 is 12.0 Å². The highest BCUT2D eigenvalue weighted by Gasteiger charge is 2.26. The number of carbonyl (C=O) groups excluding carboxylic acids is 1. The van der Waals surface area contributed by atoms with Gasteiger partial charge in [-0.2, -0.15) is 0 Å². The number of hydrogen-bond donors (Lipinski definition) is 2. The summed E-state index contributed by atoms with van der Waals surface area (Å²) in [7, 11) is 0. The van der Waals surface area contributed by atoms with Gasteiger partial charge >= 0.3 is 12.0 Å². The highest BCUT2D eigenvalue weighted by atomic mass is 16.4. The maximum absolute atomic E-state index is 12.3. The lowest BCUT2D eigenvalue weighted by Crippen LogP contribution is -2.45. The Morgan fingerprint density at radius 3 is 1.58 bits per heavy atom. The lowest BCUT2D eigenvalue weighted by atomic mass is 9.91. The third-order valence-electron chi connectivity index (χ3n) is 8.49. The standard InChI is InChI=1S/C31H60N2O3/c1-6-12-25(2)15-9-16-26(3)13-7-8-14-27(4)17-10-18-28(5)19-11-22-32-31(36)33-23-20-29(21-24-33)30(34)35/h25-29H,6-24H2,1-5H3,(H,32,36)(H,34,35).